The van der Waals surface area contributed by atoms with Crippen LogP contribution < -0.4 is 10.1 Å². The van der Waals surface area contributed by atoms with Gasteiger partial charge in [-0.3, -0.25) is 4.79 Å². The Labute approximate surface area is 132 Å². The summed E-state index contributed by atoms with van der Waals surface area (Å²) in [6.45, 7) is 1.56. The van der Waals surface area contributed by atoms with Gasteiger partial charge in [-0.25, -0.2) is 4.39 Å². The van der Waals surface area contributed by atoms with Crippen molar-refractivity contribution in [2.75, 3.05) is 6.61 Å². The molecule has 0 radical (unpaired) electrons. The lowest BCUT2D eigenvalue weighted by atomic mass is 10.2. The largest absolute Gasteiger partial charge is 0.481 e. The smallest absolute Gasteiger partial charge is 0.258 e. The van der Waals surface area contributed by atoms with Crippen molar-refractivity contribution in [3.05, 3.63) is 66.2 Å². The molecule has 0 aliphatic rings. The second kappa shape index (κ2) is 6.52. The molecule has 0 saturated carbocycles. The van der Waals surface area contributed by atoms with Gasteiger partial charge in [0, 0.05) is 5.39 Å². The minimum Gasteiger partial charge on any atom is -0.481 e. The van der Waals surface area contributed by atoms with Crippen LogP contribution in [0.5, 0.6) is 5.75 Å². The van der Waals surface area contributed by atoms with Crippen LogP contribution in [0.2, 0.25) is 0 Å². The maximum Gasteiger partial charge on any atom is 0.258 e. The molecule has 1 amide bonds. The van der Waals surface area contributed by atoms with Crippen molar-refractivity contribution in [2.24, 2.45) is 0 Å². The standard InChI is InChI=1S/C18H16FNO3/c1-12(17-10-13-6-2-4-8-15(13)23-17)20-18(21)11-22-16-9-5-3-7-14(16)19/h2-10,12H,11H2,1H3,(H,20,21)/t12-/m1/s1. The molecule has 3 rings (SSSR count). The highest BCUT2D eigenvalue weighted by atomic mass is 19.1. The summed E-state index contributed by atoms with van der Waals surface area (Å²) in [4.78, 5) is 11.9. The zero-order valence-corrected chi connectivity index (χ0v) is 12.6. The Hall–Kier alpha value is -2.82. The molecule has 5 heteroatoms. The minimum absolute atomic E-state index is 0.0547. The SMILES string of the molecule is C[C@@H](NC(=O)COc1ccccc1F)c1cc2ccccc2o1. The third-order valence-corrected chi connectivity index (χ3v) is 3.44. The van der Waals surface area contributed by atoms with Gasteiger partial charge in [0.1, 0.15) is 11.3 Å². The number of fused-ring (bicyclic) bond motifs is 1. The topological polar surface area (TPSA) is 51.5 Å². The molecule has 0 fully saturated rings. The van der Waals surface area contributed by atoms with Crippen LogP contribution in [-0.4, -0.2) is 12.5 Å². The van der Waals surface area contributed by atoms with Crippen molar-refractivity contribution in [1.29, 1.82) is 0 Å². The second-order valence-corrected chi connectivity index (χ2v) is 5.19. The van der Waals surface area contributed by atoms with Gasteiger partial charge in [0.25, 0.3) is 5.91 Å². The molecule has 1 heterocycles. The fraction of sp³-hybridized carbons (Fsp3) is 0.167. The number of carbonyl (C=O) groups excluding carboxylic acids is 1. The van der Waals surface area contributed by atoms with Crippen LogP contribution in [0.15, 0.2) is 59.0 Å². The van der Waals surface area contributed by atoms with Crippen LogP contribution in [-0.2, 0) is 4.79 Å². The van der Waals surface area contributed by atoms with Gasteiger partial charge in [0.05, 0.1) is 6.04 Å². The Morgan fingerprint density at radius 3 is 2.74 bits per heavy atom. The van der Waals surface area contributed by atoms with Gasteiger partial charge in [0.15, 0.2) is 18.2 Å². The molecule has 23 heavy (non-hydrogen) atoms. The average molecular weight is 313 g/mol. The zero-order chi connectivity index (χ0) is 16.2. The van der Waals surface area contributed by atoms with Gasteiger partial charge in [-0.05, 0) is 31.2 Å². The van der Waals surface area contributed by atoms with Crippen LogP contribution in [0.1, 0.15) is 18.7 Å². The van der Waals surface area contributed by atoms with Gasteiger partial charge in [-0.15, -0.1) is 0 Å². The maximum absolute atomic E-state index is 13.4. The van der Waals surface area contributed by atoms with E-state index in [9.17, 15) is 9.18 Å². The fourth-order valence-corrected chi connectivity index (χ4v) is 2.28. The number of amides is 1. The predicted molar refractivity (Wildman–Crippen MR) is 84.7 cm³/mol. The molecule has 1 aromatic heterocycles. The van der Waals surface area contributed by atoms with Crippen LogP contribution in [0.3, 0.4) is 0 Å². The molecule has 4 nitrogen and oxygen atoms in total. The molecule has 0 aliphatic carbocycles. The molecule has 0 spiro atoms. The van der Waals surface area contributed by atoms with Crippen LogP contribution in [0, 0.1) is 5.82 Å². The first-order valence-electron chi connectivity index (χ1n) is 7.28. The number of halogens is 1. The number of rotatable bonds is 5. The molecule has 0 aliphatic heterocycles. The molecule has 0 unspecified atom stereocenters. The summed E-state index contributed by atoms with van der Waals surface area (Å²) >= 11 is 0. The maximum atomic E-state index is 13.4. The summed E-state index contributed by atoms with van der Waals surface area (Å²) in [7, 11) is 0. The zero-order valence-electron chi connectivity index (χ0n) is 12.6. The van der Waals surface area contributed by atoms with Gasteiger partial charge in [0.2, 0.25) is 0 Å². The monoisotopic (exact) mass is 313 g/mol. The lowest BCUT2D eigenvalue weighted by molar-refractivity contribution is -0.123. The van der Waals surface area contributed by atoms with E-state index in [0.29, 0.717) is 5.76 Å². The minimum atomic E-state index is -0.495. The Balaban J connectivity index is 1.60. The molecule has 118 valence electrons. The summed E-state index contributed by atoms with van der Waals surface area (Å²) in [5.41, 5.74) is 0.770. The van der Waals surface area contributed by atoms with Gasteiger partial charge >= 0.3 is 0 Å². The van der Waals surface area contributed by atoms with Crippen LogP contribution >= 0.6 is 0 Å². The second-order valence-electron chi connectivity index (χ2n) is 5.19. The van der Waals surface area contributed by atoms with Gasteiger partial charge < -0.3 is 14.5 Å². The number of hydrogen-bond donors (Lipinski definition) is 1. The molecular weight excluding hydrogens is 297 g/mol. The number of hydrogen-bond acceptors (Lipinski definition) is 3. The molecule has 2 aromatic carbocycles. The molecule has 0 bridgehead atoms. The van der Waals surface area contributed by atoms with Crippen molar-refractivity contribution in [2.45, 2.75) is 13.0 Å². The van der Waals surface area contributed by atoms with E-state index in [1.807, 2.05) is 37.3 Å². The molecular formula is C18H16FNO3. The third kappa shape index (κ3) is 3.51. The first kappa shape index (κ1) is 15.1. The first-order chi connectivity index (χ1) is 11.1. The van der Waals surface area contributed by atoms with Gasteiger partial charge in [-0.1, -0.05) is 30.3 Å². The Morgan fingerprint density at radius 1 is 1.22 bits per heavy atom. The molecule has 1 N–H and O–H groups in total. The first-order valence-corrected chi connectivity index (χ1v) is 7.28. The molecule has 0 saturated heterocycles. The third-order valence-electron chi connectivity index (χ3n) is 3.44. The van der Waals surface area contributed by atoms with Crippen molar-refractivity contribution >= 4 is 16.9 Å². The van der Waals surface area contributed by atoms with E-state index < -0.39 is 5.82 Å². The molecule has 3 aromatic rings. The van der Waals surface area contributed by atoms with Crippen LogP contribution in [0.4, 0.5) is 4.39 Å². The van der Waals surface area contributed by atoms with E-state index in [4.69, 9.17) is 9.15 Å². The Bertz CT molecular complexity index is 795. The van der Waals surface area contributed by atoms with Crippen molar-refractivity contribution < 1.29 is 18.3 Å². The van der Waals surface area contributed by atoms with E-state index >= 15 is 0 Å². The summed E-state index contributed by atoms with van der Waals surface area (Å²) < 4.78 is 24.3. The highest BCUT2D eigenvalue weighted by Crippen LogP contribution is 2.23. The Kier molecular flexibility index (Phi) is 4.28. The average Bonchev–Trinajstić information content (AvgIpc) is 2.98. The summed E-state index contributed by atoms with van der Waals surface area (Å²) in [5, 5.41) is 3.74. The lowest BCUT2D eigenvalue weighted by Gasteiger charge is -2.12. The normalized spacial score (nSPS) is 12.1. The Morgan fingerprint density at radius 2 is 1.96 bits per heavy atom. The van der Waals surface area contributed by atoms with E-state index in [1.165, 1.54) is 12.1 Å². The van der Waals surface area contributed by atoms with E-state index in [1.54, 1.807) is 12.1 Å². The summed E-state index contributed by atoms with van der Waals surface area (Å²) in [6, 6.07) is 15.2. The number of furan rings is 1. The molecule has 1 atom stereocenters. The predicted octanol–water partition coefficient (Wildman–Crippen LogP) is 3.83. The van der Waals surface area contributed by atoms with Crippen molar-refractivity contribution in [3.8, 4) is 5.75 Å². The number of ether oxygens (including phenoxy) is 1. The number of benzene rings is 2. The fourth-order valence-electron chi connectivity index (χ4n) is 2.28. The lowest BCUT2D eigenvalue weighted by Crippen LogP contribution is -2.31. The number of para-hydroxylation sites is 2. The van der Waals surface area contributed by atoms with Crippen molar-refractivity contribution in [3.63, 3.8) is 0 Å². The summed E-state index contributed by atoms with van der Waals surface area (Å²) in [5.74, 6) is -0.128. The highest BCUT2D eigenvalue weighted by Gasteiger charge is 2.15. The van der Waals surface area contributed by atoms with E-state index in [0.717, 1.165) is 11.0 Å². The number of carbonyl (C=O) groups is 1. The number of nitrogens with one attached hydrogen (secondary N) is 1. The van der Waals surface area contributed by atoms with E-state index in [-0.39, 0.29) is 24.3 Å². The quantitative estimate of drug-likeness (QED) is 0.779. The van der Waals surface area contributed by atoms with Crippen molar-refractivity contribution in [1.82, 2.24) is 5.32 Å². The van der Waals surface area contributed by atoms with Gasteiger partial charge in [-0.2, -0.15) is 0 Å². The van der Waals surface area contributed by atoms with E-state index in [2.05, 4.69) is 5.32 Å². The van der Waals surface area contributed by atoms with Crippen LogP contribution in [0.25, 0.3) is 11.0 Å². The summed E-state index contributed by atoms with van der Waals surface area (Å²) in [6.07, 6.45) is 0. The highest BCUT2D eigenvalue weighted by molar-refractivity contribution is 5.79.